The van der Waals surface area contributed by atoms with E-state index in [2.05, 4.69) is 0 Å². The summed E-state index contributed by atoms with van der Waals surface area (Å²) in [6.45, 7) is 0.679. The Balaban J connectivity index is 2.10. The van der Waals surface area contributed by atoms with E-state index in [0.29, 0.717) is 29.5 Å². The molecule has 1 aromatic carbocycles. The maximum absolute atomic E-state index is 11.6. The third kappa shape index (κ3) is 3.07. The molecular formula is C17H18ClNO4. The summed E-state index contributed by atoms with van der Waals surface area (Å²) in [5.74, 6) is 0.519. The Bertz CT molecular complexity index is 686. The van der Waals surface area contributed by atoms with Crippen molar-refractivity contribution in [2.45, 2.75) is 24.9 Å². The standard InChI is InChI=1S/C17H18ClNO4/c1-22-14-7-6-11(18)10-12(14)16(15-5-3-9-23-15)19-8-2-4-13(19)17(20)21/h3,5-7,9-10,13,16H,2,4,8H2,1H3,(H,20,21). The first-order chi connectivity index (χ1) is 11.1. The van der Waals surface area contributed by atoms with Crippen molar-refractivity contribution in [3.63, 3.8) is 0 Å². The van der Waals surface area contributed by atoms with Crippen LogP contribution in [0.25, 0.3) is 0 Å². The third-order valence-corrected chi connectivity index (χ3v) is 4.45. The minimum absolute atomic E-state index is 0.345. The zero-order chi connectivity index (χ0) is 16.4. The summed E-state index contributed by atoms with van der Waals surface area (Å²) in [7, 11) is 1.59. The van der Waals surface area contributed by atoms with Crippen molar-refractivity contribution < 1.29 is 19.1 Å². The molecule has 0 radical (unpaired) electrons. The summed E-state index contributed by atoms with van der Waals surface area (Å²) in [5, 5.41) is 10.1. The molecule has 5 nitrogen and oxygen atoms in total. The number of carboxylic acid groups (broad SMARTS) is 1. The number of rotatable bonds is 5. The second-order valence-corrected chi connectivity index (χ2v) is 5.97. The van der Waals surface area contributed by atoms with E-state index in [1.807, 2.05) is 17.0 Å². The SMILES string of the molecule is COc1ccc(Cl)cc1C(c1ccco1)N1CCCC1C(=O)O. The van der Waals surface area contributed by atoms with Gasteiger partial charge in [-0.3, -0.25) is 9.69 Å². The summed E-state index contributed by atoms with van der Waals surface area (Å²) in [6, 6.07) is 8.11. The quantitative estimate of drug-likeness (QED) is 0.904. The zero-order valence-corrected chi connectivity index (χ0v) is 13.5. The molecular weight excluding hydrogens is 318 g/mol. The van der Waals surface area contributed by atoms with Crippen LogP contribution in [0.1, 0.15) is 30.2 Å². The lowest BCUT2D eigenvalue weighted by atomic mass is 10.0. The summed E-state index contributed by atoms with van der Waals surface area (Å²) in [4.78, 5) is 13.5. The fourth-order valence-electron chi connectivity index (χ4n) is 3.22. The largest absolute Gasteiger partial charge is 0.496 e. The van der Waals surface area contributed by atoms with Crippen molar-refractivity contribution in [1.29, 1.82) is 0 Å². The van der Waals surface area contributed by atoms with E-state index >= 15 is 0 Å². The van der Waals surface area contributed by atoms with Gasteiger partial charge in [0.1, 0.15) is 17.6 Å². The number of carboxylic acids is 1. The molecule has 0 bridgehead atoms. The van der Waals surface area contributed by atoms with Gasteiger partial charge in [-0.05, 0) is 43.2 Å². The molecule has 1 saturated heterocycles. The van der Waals surface area contributed by atoms with Crippen LogP contribution in [0.15, 0.2) is 41.0 Å². The normalized spacial score (nSPS) is 19.7. The molecule has 1 fully saturated rings. The van der Waals surface area contributed by atoms with Crippen molar-refractivity contribution in [3.05, 3.63) is 52.9 Å². The lowest BCUT2D eigenvalue weighted by Crippen LogP contribution is -2.39. The van der Waals surface area contributed by atoms with E-state index in [4.69, 9.17) is 20.8 Å². The van der Waals surface area contributed by atoms with Gasteiger partial charge in [0.2, 0.25) is 0 Å². The first-order valence-electron chi connectivity index (χ1n) is 7.47. The molecule has 0 saturated carbocycles. The molecule has 2 atom stereocenters. The Morgan fingerprint density at radius 3 is 2.96 bits per heavy atom. The number of carbonyl (C=O) groups is 1. The summed E-state index contributed by atoms with van der Waals surface area (Å²) in [5.41, 5.74) is 0.808. The highest BCUT2D eigenvalue weighted by Gasteiger charge is 2.39. The van der Waals surface area contributed by atoms with E-state index in [-0.39, 0.29) is 6.04 Å². The topological polar surface area (TPSA) is 62.9 Å². The molecule has 0 amide bonds. The summed E-state index contributed by atoms with van der Waals surface area (Å²) >= 11 is 6.16. The first-order valence-corrected chi connectivity index (χ1v) is 7.85. The number of likely N-dealkylation sites (tertiary alicyclic amines) is 1. The second kappa shape index (κ2) is 6.64. The minimum atomic E-state index is -0.819. The number of methoxy groups -OCH3 is 1. The molecule has 2 aromatic rings. The van der Waals surface area contributed by atoms with Gasteiger partial charge in [-0.2, -0.15) is 0 Å². The van der Waals surface area contributed by atoms with Gasteiger partial charge in [-0.1, -0.05) is 11.6 Å². The number of halogens is 1. The molecule has 1 aliphatic heterocycles. The number of hydrogen-bond donors (Lipinski definition) is 1. The number of benzene rings is 1. The maximum atomic E-state index is 11.6. The predicted molar refractivity (Wildman–Crippen MR) is 85.9 cm³/mol. The van der Waals surface area contributed by atoms with E-state index < -0.39 is 12.0 Å². The fraction of sp³-hybridized carbons (Fsp3) is 0.353. The molecule has 6 heteroatoms. The Morgan fingerprint density at radius 2 is 2.30 bits per heavy atom. The van der Waals surface area contributed by atoms with Gasteiger partial charge in [-0.25, -0.2) is 0 Å². The average molecular weight is 336 g/mol. The molecule has 1 aromatic heterocycles. The summed E-state index contributed by atoms with van der Waals surface area (Å²) in [6.07, 6.45) is 3.04. The van der Waals surface area contributed by atoms with Crippen LogP contribution in [-0.2, 0) is 4.79 Å². The van der Waals surface area contributed by atoms with Crippen molar-refractivity contribution >= 4 is 17.6 Å². The Kier molecular flexibility index (Phi) is 4.59. The molecule has 2 heterocycles. The highest BCUT2D eigenvalue weighted by atomic mass is 35.5. The minimum Gasteiger partial charge on any atom is -0.496 e. The predicted octanol–water partition coefficient (Wildman–Crippen LogP) is 3.58. The average Bonchev–Trinajstić information content (AvgIpc) is 3.20. The fourth-order valence-corrected chi connectivity index (χ4v) is 3.40. The lowest BCUT2D eigenvalue weighted by Gasteiger charge is -2.31. The van der Waals surface area contributed by atoms with Gasteiger partial charge in [0, 0.05) is 17.1 Å². The van der Waals surface area contributed by atoms with Gasteiger partial charge in [-0.15, -0.1) is 0 Å². The van der Waals surface area contributed by atoms with Gasteiger partial charge >= 0.3 is 5.97 Å². The molecule has 122 valence electrons. The van der Waals surface area contributed by atoms with Crippen LogP contribution >= 0.6 is 11.6 Å². The van der Waals surface area contributed by atoms with Crippen LogP contribution in [-0.4, -0.2) is 35.7 Å². The number of ether oxygens (including phenoxy) is 1. The molecule has 1 N–H and O–H groups in total. The number of hydrogen-bond acceptors (Lipinski definition) is 4. The molecule has 23 heavy (non-hydrogen) atoms. The van der Waals surface area contributed by atoms with Crippen LogP contribution in [0.2, 0.25) is 5.02 Å². The highest BCUT2D eigenvalue weighted by molar-refractivity contribution is 6.30. The Labute approximate surface area is 139 Å². The number of nitrogens with zero attached hydrogens (tertiary/aromatic N) is 1. The monoisotopic (exact) mass is 335 g/mol. The molecule has 0 aliphatic carbocycles. The second-order valence-electron chi connectivity index (χ2n) is 5.54. The molecule has 0 spiro atoms. The molecule has 3 rings (SSSR count). The van der Waals surface area contributed by atoms with E-state index in [0.717, 1.165) is 12.0 Å². The van der Waals surface area contributed by atoms with Crippen molar-refractivity contribution in [3.8, 4) is 5.75 Å². The Morgan fingerprint density at radius 1 is 1.48 bits per heavy atom. The first kappa shape index (κ1) is 15.9. The van der Waals surface area contributed by atoms with Crippen LogP contribution in [0.5, 0.6) is 5.75 Å². The third-order valence-electron chi connectivity index (χ3n) is 4.21. The maximum Gasteiger partial charge on any atom is 0.320 e. The van der Waals surface area contributed by atoms with Gasteiger partial charge in [0.25, 0.3) is 0 Å². The zero-order valence-electron chi connectivity index (χ0n) is 12.7. The van der Waals surface area contributed by atoms with Crippen molar-refractivity contribution in [2.24, 2.45) is 0 Å². The van der Waals surface area contributed by atoms with E-state index in [1.54, 1.807) is 31.6 Å². The van der Waals surface area contributed by atoms with Crippen LogP contribution in [0, 0.1) is 0 Å². The van der Waals surface area contributed by atoms with Gasteiger partial charge in [0.05, 0.1) is 19.4 Å². The molecule has 1 aliphatic rings. The van der Waals surface area contributed by atoms with Gasteiger partial charge in [0.15, 0.2) is 0 Å². The van der Waals surface area contributed by atoms with Crippen molar-refractivity contribution in [1.82, 2.24) is 4.90 Å². The number of aliphatic carboxylic acids is 1. The van der Waals surface area contributed by atoms with Crippen molar-refractivity contribution in [2.75, 3.05) is 13.7 Å². The van der Waals surface area contributed by atoms with Crippen LogP contribution in [0.3, 0.4) is 0 Å². The van der Waals surface area contributed by atoms with Gasteiger partial charge < -0.3 is 14.3 Å². The van der Waals surface area contributed by atoms with Crippen LogP contribution in [0.4, 0.5) is 0 Å². The molecule has 2 unspecified atom stereocenters. The van der Waals surface area contributed by atoms with Crippen LogP contribution < -0.4 is 4.74 Å². The van der Waals surface area contributed by atoms with E-state index in [1.165, 1.54) is 0 Å². The summed E-state index contributed by atoms with van der Waals surface area (Å²) < 4.78 is 11.1. The smallest absolute Gasteiger partial charge is 0.320 e. The number of furan rings is 1. The lowest BCUT2D eigenvalue weighted by molar-refractivity contribution is -0.142. The Hall–Kier alpha value is -1.98. The van der Waals surface area contributed by atoms with E-state index in [9.17, 15) is 9.90 Å². The highest BCUT2D eigenvalue weighted by Crippen LogP contribution is 2.40.